The van der Waals surface area contributed by atoms with Gasteiger partial charge in [-0.25, -0.2) is 0 Å². The van der Waals surface area contributed by atoms with Gasteiger partial charge in [0.1, 0.15) is 6.04 Å². The first-order chi connectivity index (χ1) is 8.65. The third-order valence-electron chi connectivity index (χ3n) is 2.97. The van der Waals surface area contributed by atoms with Crippen LogP contribution in [-0.4, -0.2) is 25.7 Å². The number of carbonyl (C=O) groups excluding carboxylic acids is 1. The lowest BCUT2D eigenvalue weighted by atomic mass is 10.0. The van der Waals surface area contributed by atoms with E-state index in [2.05, 4.69) is 17.4 Å². The Hall–Kier alpha value is -1.35. The Kier molecular flexibility index (Phi) is 6.44. The van der Waals surface area contributed by atoms with Crippen LogP contribution in [-0.2, 0) is 16.0 Å². The third-order valence-corrected chi connectivity index (χ3v) is 2.97. The second-order valence-electron chi connectivity index (χ2n) is 4.79. The summed E-state index contributed by atoms with van der Waals surface area (Å²) in [7, 11) is 1.43. The Balaban J connectivity index is 2.29. The molecule has 1 aromatic carbocycles. The molecule has 0 heterocycles. The summed E-state index contributed by atoms with van der Waals surface area (Å²) in [6.45, 7) is 4.87. The fourth-order valence-electron chi connectivity index (χ4n) is 1.91. The van der Waals surface area contributed by atoms with Crippen LogP contribution in [0, 0.1) is 5.92 Å². The molecular formula is C15H23NO2. The monoisotopic (exact) mass is 249 g/mol. The molecule has 100 valence electrons. The topological polar surface area (TPSA) is 38.3 Å². The molecule has 0 aliphatic carbocycles. The normalized spacial score (nSPS) is 12.4. The van der Waals surface area contributed by atoms with Crippen LogP contribution in [0.15, 0.2) is 30.3 Å². The highest BCUT2D eigenvalue weighted by Gasteiger charge is 2.21. The molecule has 0 saturated heterocycles. The predicted molar refractivity (Wildman–Crippen MR) is 73.4 cm³/mol. The minimum Gasteiger partial charge on any atom is -0.468 e. The molecule has 1 atom stereocenters. The van der Waals surface area contributed by atoms with Crippen LogP contribution in [0.1, 0.15) is 25.8 Å². The zero-order valence-corrected chi connectivity index (χ0v) is 11.5. The summed E-state index contributed by atoms with van der Waals surface area (Å²) in [5.41, 5.74) is 1.33. The molecule has 0 unspecified atom stereocenters. The summed E-state index contributed by atoms with van der Waals surface area (Å²) < 4.78 is 4.79. The summed E-state index contributed by atoms with van der Waals surface area (Å²) in [6, 6.07) is 10.2. The van der Waals surface area contributed by atoms with Crippen molar-refractivity contribution in [2.45, 2.75) is 32.7 Å². The molecule has 0 amide bonds. The first-order valence-corrected chi connectivity index (χ1v) is 6.50. The standard InChI is InChI=1S/C15H23NO2/c1-12(2)14(15(17)18-3)16-11-7-10-13-8-5-4-6-9-13/h4-6,8-9,12,14,16H,7,10-11H2,1-3H3/t14-/m1/s1. The van der Waals surface area contributed by atoms with Crippen molar-refractivity contribution in [3.05, 3.63) is 35.9 Å². The van der Waals surface area contributed by atoms with Gasteiger partial charge in [-0.05, 0) is 30.9 Å². The molecule has 1 rings (SSSR count). The second-order valence-corrected chi connectivity index (χ2v) is 4.79. The molecule has 3 heteroatoms. The van der Waals surface area contributed by atoms with E-state index in [1.54, 1.807) is 0 Å². The number of carbonyl (C=O) groups is 1. The summed E-state index contributed by atoms with van der Waals surface area (Å²) >= 11 is 0. The van der Waals surface area contributed by atoms with E-state index in [-0.39, 0.29) is 17.9 Å². The Morgan fingerprint density at radius 3 is 2.50 bits per heavy atom. The molecule has 0 aliphatic heterocycles. The molecule has 18 heavy (non-hydrogen) atoms. The van der Waals surface area contributed by atoms with Crippen LogP contribution in [0.2, 0.25) is 0 Å². The van der Waals surface area contributed by atoms with Crippen molar-refractivity contribution in [3.8, 4) is 0 Å². The van der Waals surface area contributed by atoms with Crippen LogP contribution in [0.4, 0.5) is 0 Å². The molecule has 0 aliphatic rings. The number of hydrogen-bond donors (Lipinski definition) is 1. The number of ether oxygens (including phenoxy) is 1. The summed E-state index contributed by atoms with van der Waals surface area (Å²) in [4.78, 5) is 11.5. The molecule has 1 aromatic rings. The fourth-order valence-corrected chi connectivity index (χ4v) is 1.91. The fraction of sp³-hybridized carbons (Fsp3) is 0.533. The lowest BCUT2D eigenvalue weighted by Gasteiger charge is -2.19. The van der Waals surface area contributed by atoms with Crippen LogP contribution in [0.25, 0.3) is 0 Å². The lowest BCUT2D eigenvalue weighted by Crippen LogP contribution is -2.42. The first kappa shape index (κ1) is 14.7. The molecule has 0 fully saturated rings. The third kappa shape index (κ3) is 4.88. The van der Waals surface area contributed by atoms with Gasteiger partial charge in [0.15, 0.2) is 0 Å². The highest BCUT2D eigenvalue weighted by molar-refractivity contribution is 5.75. The summed E-state index contributed by atoms with van der Waals surface area (Å²) in [5, 5.41) is 3.27. The van der Waals surface area contributed by atoms with E-state index in [4.69, 9.17) is 4.74 Å². The summed E-state index contributed by atoms with van der Waals surface area (Å²) in [6.07, 6.45) is 2.05. The Labute approximate surface area is 110 Å². The Morgan fingerprint density at radius 1 is 1.28 bits per heavy atom. The Morgan fingerprint density at radius 2 is 1.94 bits per heavy atom. The number of methoxy groups -OCH3 is 1. The largest absolute Gasteiger partial charge is 0.468 e. The second kappa shape index (κ2) is 7.88. The van der Waals surface area contributed by atoms with Gasteiger partial charge in [0, 0.05) is 0 Å². The zero-order chi connectivity index (χ0) is 13.4. The average molecular weight is 249 g/mol. The van der Waals surface area contributed by atoms with Gasteiger partial charge in [-0.1, -0.05) is 44.2 Å². The van der Waals surface area contributed by atoms with E-state index in [9.17, 15) is 4.79 Å². The molecule has 0 saturated carbocycles. The molecule has 1 N–H and O–H groups in total. The van der Waals surface area contributed by atoms with Gasteiger partial charge in [0.2, 0.25) is 0 Å². The number of benzene rings is 1. The minimum absolute atomic E-state index is 0.176. The van der Waals surface area contributed by atoms with E-state index >= 15 is 0 Å². The molecule has 0 bridgehead atoms. The number of nitrogens with one attached hydrogen (secondary N) is 1. The van der Waals surface area contributed by atoms with E-state index < -0.39 is 0 Å². The van der Waals surface area contributed by atoms with Crippen molar-refractivity contribution >= 4 is 5.97 Å². The minimum atomic E-state index is -0.203. The maximum Gasteiger partial charge on any atom is 0.323 e. The Bertz CT molecular complexity index is 349. The quantitative estimate of drug-likeness (QED) is 0.595. The van der Waals surface area contributed by atoms with Crippen molar-refractivity contribution in [1.82, 2.24) is 5.32 Å². The molecular weight excluding hydrogens is 226 g/mol. The van der Waals surface area contributed by atoms with Crippen LogP contribution < -0.4 is 5.32 Å². The first-order valence-electron chi connectivity index (χ1n) is 6.50. The average Bonchev–Trinajstić information content (AvgIpc) is 2.38. The van der Waals surface area contributed by atoms with Crippen LogP contribution in [0.5, 0.6) is 0 Å². The van der Waals surface area contributed by atoms with Gasteiger partial charge in [-0.15, -0.1) is 0 Å². The predicted octanol–water partition coefficient (Wildman–Crippen LogP) is 2.41. The smallest absolute Gasteiger partial charge is 0.323 e. The van der Waals surface area contributed by atoms with E-state index in [0.29, 0.717) is 0 Å². The maximum absolute atomic E-state index is 11.5. The number of aryl methyl sites for hydroxylation is 1. The molecule has 0 radical (unpaired) electrons. The zero-order valence-electron chi connectivity index (χ0n) is 11.5. The van der Waals surface area contributed by atoms with Crippen LogP contribution in [0.3, 0.4) is 0 Å². The maximum atomic E-state index is 11.5. The van der Waals surface area contributed by atoms with Crippen molar-refractivity contribution in [1.29, 1.82) is 0 Å². The highest BCUT2D eigenvalue weighted by atomic mass is 16.5. The number of esters is 1. The van der Waals surface area contributed by atoms with Gasteiger partial charge < -0.3 is 10.1 Å². The van der Waals surface area contributed by atoms with Gasteiger partial charge in [0.25, 0.3) is 0 Å². The van der Waals surface area contributed by atoms with Gasteiger partial charge in [-0.3, -0.25) is 4.79 Å². The number of hydrogen-bond acceptors (Lipinski definition) is 3. The van der Waals surface area contributed by atoms with Gasteiger partial charge in [-0.2, -0.15) is 0 Å². The molecule has 0 aromatic heterocycles. The van der Waals surface area contributed by atoms with Gasteiger partial charge in [0.05, 0.1) is 7.11 Å². The van der Waals surface area contributed by atoms with E-state index in [0.717, 1.165) is 19.4 Å². The summed E-state index contributed by atoms with van der Waals surface area (Å²) in [5.74, 6) is 0.0684. The van der Waals surface area contributed by atoms with E-state index in [1.807, 2.05) is 32.0 Å². The van der Waals surface area contributed by atoms with Gasteiger partial charge >= 0.3 is 5.97 Å². The van der Waals surface area contributed by atoms with Crippen LogP contribution >= 0.6 is 0 Å². The lowest BCUT2D eigenvalue weighted by molar-refractivity contribution is -0.144. The molecule has 0 spiro atoms. The highest BCUT2D eigenvalue weighted by Crippen LogP contribution is 2.05. The molecule has 3 nitrogen and oxygen atoms in total. The van der Waals surface area contributed by atoms with Crippen molar-refractivity contribution in [2.75, 3.05) is 13.7 Å². The van der Waals surface area contributed by atoms with Crippen molar-refractivity contribution < 1.29 is 9.53 Å². The van der Waals surface area contributed by atoms with E-state index in [1.165, 1.54) is 12.7 Å². The SMILES string of the molecule is COC(=O)[C@H](NCCCc1ccccc1)C(C)C. The van der Waals surface area contributed by atoms with Crippen molar-refractivity contribution in [3.63, 3.8) is 0 Å². The number of rotatable bonds is 7. The van der Waals surface area contributed by atoms with Crippen molar-refractivity contribution in [2.24, 2.45) is 5.92 Å².